The van der Waals surface area contributed by atoms with Crippen LogP contribution in [0.15, 0.2) is 0 Å². The van der Waals surface area contributed by atoms with Crippen molar-refractivity contribution in [1.82, 2.24) is 15.5 Å². The Hall–Kier alpha value is -0.790. The van der Waals surface area contributed by atoms with E-state index >= 15 is 0 Å². The van der Waals surface area contributed by atoms with Gasteiger partial charge >= 0.3 is 0 Å². The second kappa shape index (κ2) is 6.32. The molecule has 0 bridgehead atoms. The van der Waals surface area contributed by atoms with Crippen LogP contribution in [0.5, 0.6) is 0 Å². The number of nitrogens with one attached hydrogen (secondary N) is 2. The number of morpholine rings is 1. The van der Waals surface area contributed by atoms with Gasteiger partial charge in [0.15, 0.2) is 0 Å². The molecular formula is C13H21N3O3S. The van der Waals surface area contributed by atoms with E-state index in [-0.39, 0.29) is 17.9 Å². The van der Waals surface area contributed by atoms with E-state index in [1.54, 1.807) is 16.7 Å². The first kappa shape index (κ1) is 14.2. The third-order valence-corrected chi connectivity index (χ3v) is 4.92. The number of carbonyl (C=O) groups is 2. The van der Waals surface area contributed by atoms with E-state index in [1.807, 2.05) is 0 Å². The van der Waals surface area contributed by atoms with Gasteiger partial charge in [0.05, 0.1) is 19.3 Å². The van der Waals surface area contributed by atoms with Crippen LogP contribution in [0.1, 0.15) is 12.8 Å². The van der Waals surface area contributed by atoms with Crippen molar-refractivity contribution in [2.75, 3.05) is 37.8 Å². The van der Waals surface area contributed by atoms with E-state index in [1.165, 1.54) is 0 Å². The molecule has 2 saturated heterocycles. The average Bonchev–Trinajstić information content (AvgIpc) is 3.31. The summed E-state index contributed by atoms with van der Waals surface area (Å²) in [5.41, 5.74) is 0. The van der Waals surface area contributed by atoms with Gasteiger partial charge in [-0.2, -0.15) is 11.8 Å². The fourth-order valence-corrected chi connectivity index (χ4v) is 3.46. The Morgan fingerprint density at radius 1 is 1.35 bits per heavy atom. The zero-order chi connectivity index (χ0) is 13.9. The zero-order valence-electron chi connectivity index (χ0n) is 11.5. The molecule has 2 atom stereocenters. The topological polar surface area (TPSA) is 70.7 Å². The van der Waals surface area contributed by atoms with Crippen molar-refractivity contribution in [3.05, 3.63) is 0 Å². The summed E-state index contributed by atoms with van der Waals surface area (Å²) in [4.78, 5) is 26.5. The molecule has 3 rings (SSSR count). The van der Waals surface area contributed by atoms with Crippen LogP contribution in [0.2, 0.25) is 0 Å². The van der Waals surface area contributed by atoms with Crippen LogP contribution in [0.3, 0.4) is 0 Å². The van der Waals surface area contributed by atoms with Gasteiger partial charge in [0.1, 0.15) is 6.04 Å². The molecule has 0 aromatic rings. The summed E-state index contributed by atoms with van der Waals surface area (Å²) in [6.07, 6.45) is 2.10. The molecule has 1 aliphatic carbocycles. The molecule has 1 saturated carbocycles. The Kier molecular flexibility index (Phi) is 4.48. The lowest BCUT2D eigenvalue weighted by Crippen LogP contribution is -2.61. The largest absolute Gasteiger partial charge is 0.377 e. The minimum absolute atomic E-state index is 0.0384. The summed E-state index contributed by atoms with van der Waals surface area (Å²) in [5, 5.41) is 6.22. The molecule has 3 fully saturated rings. The second-order valence-electron chi connectivity index (χ2n) is 5.49. The van der Waals surface area contributed by atoms with Gasteiger partial charge in [-0.1, -0.05) is 0 Å². The fraction of sp³-hybridized carbons (Fsp3) is 0.846. The number of hydrogen-bond donors (Lipinski definition) is 2. The first-order chi connectivity index (χ1) is 9.75. The highest BCUT2D eigenvalue weighted by Gasteiger charge is 2.38. The molecule has 2 amide bonds. The molecule has 2 heterocycles. The van der Waals surface area contributed by atoms with Crippen LogP contribution in [0.4, 0.5) is 0 Å². The SMILES string of the molecule is O=C(NC1CC1)C1COCCN1C(=O)C1CSCCN1. The Bertz CT molecular complexity index is 383. The lowest BCUT2D eigenvalue weighted by Gasteiger charge is -2.37. The standard InChI is InChI=1S/C13H21N3O3S/c17-12(15-9-1-2-9)11-7-19-5-4-16(11)13(18)10-8-20-6-3-14-10/h9-11,14H,1-8H2,(H,15,17). The van der Waals surface area contributed by atoms with E-state index in [4.69, 9.17) is 4.74 Å². The minimum Gasteiger partial charge on any atom is -0.377 e. The van der Waals surface area contributed by atoms with Crippen LogP contribution in [0, 0.1) is 0 Å². The Labute approximate surface area is 123 Å². The van der Waals surface area contributed by atoms with Crippen molar-refractivity contribution in [2.24, 2.45) is 0 Å². The minimum atomic E-state index is -0.467. The number of nitrogens with zero attached hydrogens (tertiary/aromatic N) is 1. The fourth-order valence-electron chi connectivity index (χ4n) is 2.53. The third-order valence-electron chi connectivity index (χ3n) is 3.86. The predicted molar refractivity (Wildman–Crippen MR) is 76.6 cm³/mol. The van der Waals surface area contributed by atoms with Gasteiger partial charge in [0, 0.05) is 30.6 Å². The van der Waals surface area contributed by atoms with Crippen LogP contribution in [-0.2, 0) is 14.3 Å². The molecule has 0 aromatic carbocycles. The monoisotopic (exact) mass is 299 g/mol. The molecule has 7 heteroatoms. The summed E-state index contributed by atoms with van der Waals surface area (Å²) in [5.74, 6) is 1.80. The van der Waals surface area contributed by atoms with E-state index < -0.39 is 6.04 Å². The quantitative estimate of drug-likeness (QED) is 0.714. The summed E-state index contributed by atoms with van der Waals surface area (Å²) in [6.45, 7) is 2.18. The van der Waals surface area contributed by atoms with Gasteiger partial charge in [-0.05, 0) is 12.8 Å². The molecule has 3 aliphatic rings. The Morgan fingerprint density at radius 3 is 2.90 bits per heavy atom. The van der Waals surface area contributed by atoms with E-state index in [2.05, 4.69) is 10.6 Å². The summed E-state index contributed by atoms with van der Waals surface area (Å²) in [6, 6.07) is -0.321. The van der Waals surface area contributed by atoms with Crippen LogP contribution >= 0.6 is 11.8 Å². The van der Waals surface area contributed by atoms with E-state index in [0.29, 0.717) is 25.8 Å². The first-order valence-corrected chi connectivity index (χ1v) is 8.41. The Morgan fingerprint density at radius 2 is 2.20 bits per heavy atom. The van der Waals surface area contributed by atoms with Crippen molar-refractivity contribution < 1.29 is 14.3 Å². The summed E-state index contributed by atoms with van der Waals surface area (Å²) in [7, 11) is 0. The van der Waals surface area contributed by atoms with Crippen molar-refractivity contribution in [1.29, 1.82) is 0 Å². The molecule has 20 heavy (non-hydrogen) atoms. The number of hydrogen-bond acceptors (Lipinski definition) is 5. The summed E-state index contributed by atoms with van der Waals surface area (Å²) >= 11 is 1.78. The first-order valence-electron chi connectivity index (χ1n) is 7.25. The number of thioether (sulfide) groups is 1. The maximum absolute atomic E-state index is 12.6. The highest BCUT2D eigenvalue weighted by Crippen LogP contribution is 2.20. The van der Waals surface area contributed by atoms with Crippen molar-refractivity contribution in [3.63, 3.8) is 0 Å². The van der Waals surface area contributed by atoms with Crippen molar-refractivity contribution in [2.45, 2.75) is 31.0 Å². The number of carbonyl (C=O) groups excluding carboxylic acids is 2. The van der Waals surface area contributed by atoms with Gasteiger partial charge < -0.3 is 20.3 Å². The molecule has 2 unspecified atom stereocenters. The third kappa shape index (κ3) is 3.27. The second-order valence-corrected chi connectivity index (χ2v) is 6.64. The van der Waals surface area contributed by atoms with Crippen LogP contribution < -0.4 is 10.6 Å². The summed E-state index contributed by atoms with van der Waals surface area (Å²) < 4.78 is 5.39. The van der Waals surface area contributed by atoms with Gasteiger partial charge in [-0.3, -0.25) is 9.59 Å². The van der Waals surface area contributed by atoms with Gasteiger partial charge in [0.2, 0.25) is 11.8 Å². The van der Waals surface area contributed by atoms with Crippen LogP contribution in [-0.4, -0.2) is 72.6 Å². The normalized spacial score (nSPS) is 30.9. The van der Waals surface area contributed by atoms with Crippen molar-refractivity contribution in [3.8, 4) is 0 Å². The Balaban J connectivity index is 1.63. The molecular weight excluding hydrogens is 278 g/mol. The maximum Gasteiger partial charge on any atom is 0.245 e. The molecule has 2 N–H and O–H groups in total. The maximum atomic E-state index is 12.6. The lowest BCUT2D eigenvalue weighted by molar-refractivity contribution is -0.149. The smallest absolute Gasteiger partial charge is 0.245 e. The molecule has 6 nitrogen and oxygen atoms in total. The number of rotatable bonds is 3. The molecule has 0 radical (unpaired) electrons. The average molecular weight is 299 g/mol. The van der Waals surface area contributed by atoms with Gasteiger partial charge in [-0.25, -0.2) is 0 Å². The number of amides is 2. The van der Waals surface area contributed by atoms with Gasteiger partial charge in [0.25, 0.3) is 0 Å². The van der Waals surface area contributed by atoms with Crippen LogP contribution in [0.25, 0.3) is 0 Å². The molecule has 0 spiro atoms. The molecule has 2 aliphatic heterocycles. The van der Waals surface area contributed by atoms with E-state index in [0.717, 1.165) is 30.9 Å². The van der Waals surface area contributed by atoms with Crippen molar-refractivity contribution >= 4 is 23.6 Å². The zero-order valence-corrected chi connectivity index (χ0v) is 12.3. The highest BCUT2D eigenvalue weighted by molar-refractivity contribution is 7.99. The van der Waals surface area contributed by atoms with E-state index in [9.17, 15) is 9.59 Å². The lowest BCUT2D eigenvalue weighted by atomic mass is 10.1. The van der Waals surface area contributed by atoms with Gasteiger partial charge in [-0.15, -0.1) is 0 Å². The molecule has 0 aromatic heterocycles. The molecule has 112 valence electrons. The highest BCUT2D eigenvalue weighted by atomic mass is 32.2. The number of ether oxygens (including phenoxy) is 1. The predicted octanol–water partition coefficient (Wildman–Crippen LogP) is -0.803.